The maximum absolute atomic E-state index is 3.39. The predicted molar refractivity (Wildman–Crippen MR) is 83.6 cm³/mol. The second-order valence-corrected chi connectivity index (χ2v) is 5.83. The molecule has 0 N–H and O–H groups in total. The molecule has 0 saturated carbocycles. The van der Waals surface area contributed by atoms with Crippen LogP contribution in [0.5, 0.6) is 0 Å². The molecule has 2 rings (SSSR count). The van der Waals surface area contributed by atoms with Crippen LogP contribution in [0.25, 0.3) is 11.1 Å². The van der Waals surface area contributed by atoms with E-state index < -0.39 is 0 Å². The van der Waals surface area contributed by atoms with Crippen LogP contribution in [0.2, 0.25) is 0 Å². The molecule has 1 radical (unpaired) electrons. The summed E-state index contributed by atoms with van der Waals surface area (Å²) >= 11 is 0. The first kappa shape index (κ1) is 13.9. The van der Waals surface area contributed by atoms with Crippen molar-refractivity contribution < 1.29 is 0 Å². The van der Waals surface area contributed by atoms with Crippen LogP contribution in [0.1, 0.15) is 56.2 Å². The Labute approximate surface area is 117 Å². The van der Waals surface area contributed by atoms with Gasteiger partial charge in [0.25, 0.3) is 0 Å². The molecule has 2 aromatic carbocycles. The molecule has 0 aromatic heterocycles. The molecule has 2 aromatic rings. The fourth-order valence-corrected chi connectivity index (χ4v) is 2.73. The van der Waals surface area contributed by atoms with E-state index in [4.69, 9.17) is 0 Å². The van der Waals surface area contributed by atoms with Crippen LogP contribution < -0.4 is 0 Å². The minimum atomic E-state index is 0.520. The van der Waals surface area contributed by atoms with Gasteiger partial charge in [-0.3, -0.25) is 0 Å². The van der Waals surface area contributed by atoms with Crippen molar-refractivity contribution >= 4 is 0 Å². The molecule has 0 fully saturated rings. The van der Waals surface area contributed by atoms with E-state index in [9.17, 15) is 0 Å². The van der Waals surface area contributed by atoms with Crippen molar-refractivity contribution in [3.05, 3.63) is 59.2 Å². The summed E-state index contributed by atoms with van der Waals surface area (Å²) in [6.45, 7) is 11.2. The summed E-state index contributed by atoms with van der Waals surface area (Å²) in [4.78, 5) is 0. The monoisotopic (exact) mass is 251 g/mol. The van der Waals surface area contributed by atoms with Crippen LogP contribution in [-0.4, -0.2) is 0 Å². The molecule has 0 atom stereocenters. The van der Waals surface area contributed by atoms with E-state index in [1.165, 1.54) is 27.8 Å². The quantitative estimate of drug-likeness (QED) is 0.655. The topological polar surface area (TPSA) is 0 Å². The molecule has 0 saturated heterocycles. The van der Waals surface area contributed by atoms with Crippen LogP contribution in [0.3, 0.4) is 0 Å². The summed E-state index contributed by atoms with van der Waals surface area (Å²) in [5.74, 6) is 1.06. The zero-order valence-electron chi connectivity index (χ0n) is 12.6. The van der Waals surface area contributed by atoms with Gasteiger partial charge in [0.15, 0.2) is 0 Å². The smallest absolute Gasteiger partial charge is 0.0143 e. The minimum absolute atomic E-state index is 0.520. The standard InChI is InChI=1S/C19H23/c1-13(2)16-11-8-12-18(15(16)5)19-10-7-6-9-17(19)14(3)4/h6-10,12-14H,1-5H3. The summed E-state index contributed by atoms with van der Waals surface area (Å²) in [5, 5.41) is 0. The SMILES string of the molecule is Cc1c(C(C)C)[c]ccc1-c1ccccc1C(C)C. The lowest BCUT2D eigenvalue weighted by Crippen LogP contribution is -1.98. The fraction of sp³-hybridized carbons (Fsp3) is 0.368. The van der Waals surface area contributed by atoms with Crippen molar-refractivity contribution in [2.45, 2.75) is 46.5 Å². The fourth-order valence-electron chi connectivity index (χ4n) is 2.73. The van der Waals surface area contributed by atoms with E-state index in [2.05, 4.69) is 77.1 Å². The first-order chi connectivity index (χ1) is 9.02. The largest absolute Gasteiger partial charge is 0.0619 e. The average Bonchev–Trinajstić information content (AvgIpc) is 2.38. The Balaban J connectivity index is 2.63. The van der Waals surface area contributed by atoms with Gasteiger partial charge in [0.1, 0.15) is 0 Å². The van der Waals surface area contributed by atoms with Gasteiger partial charge >= 0.3 is 0 Å². The van der Waals surface area contributed by atoms with Gasteiger partial charge in [0, 0.05) is 0 Å². The number of hydrogen-bond donors (Lipinski definition) is 0. The van der Waals surface area contributed by atoms with Crippen LogP contribution in [-0.2, 0) is 0 Å². The third kappa shape index (κ3) is 2.73. The van der Waals surface area contributed by atoms with E-state index in [0.29, 0.717) is 11.8 Å². The first-order valence-electron chi connectivity index (χ1n) is 7.12. The molecule has 0 aliphatic rings. The van der Waals surface area contributed by atoms with Crippen molar-refractivity contribution in [3.63, 3.8) is 0 Å². The highest BCUT2D eigenvalue weighted by molar-refractivity contribution is 5.72. The summed E-state index contributed by atoms with van der Waals surface area (Å²) in [5.41, 5.74) is 6.84. The van der Waals surface area contributed by atoms with E-state index in [1.807, 2.05) is 0 Å². The van der Waals surface area contributed by atoms with Crippen LogP contribution in [0.15, 0.2) is 36.4 Å². The molecule has 0 bridgehead atoms. The maximum Gasteiger partial charge on any atom is -0.0143 e. The summed E-state index contributed by atoms with van der Waals surface area (Å²) in [6.07, 6.45) is 0. The Bertz CT molecular complexity index is 562. The molecule has 0 amide bonds. The lowest BCUT2D eigenvalue weighted by molar-refractivity contribution is 0.853. The number of hydrogen-bond acceptors (Lipinski definition) is 0. The average molecular weight is 251 g/mol. The van der Waals surface area contributed by atoms with Crippen molar-refractivity contribution in [2.75, 3.05) is 0 Å². The van der Waals surface area contributed by atoms with Crippen LogP contribution in [0, 0.1) is 13.0 Å². The second-order valence-electron chi connectivity index (χ2n) is 5.83. The number of benzene rings is 2. The van der Waals surface area contributed by atoms with Gasteiger partial charge in [0.2, 0.25) is 0 Å². The zero-order valence-corrected chi connectivity index (χ0v) is 12.6. The van der Waals surface area contributed by atoms with E-state index in [0.717, 1.165) is 0 Å². The molecule has 0 nitrogen and oxygen atoms in total. The Kier molecular flexibility index (Phi) is 4.09. The van der Waals surface area contributed by atoms with Crippen molar-refractivity contribution in [2.24, 2.45) is 0 Å². The minimum Gasteiger partial charge on any atom is -0.0619 e. The van der Waals surface area contributed by atoms with Crippen LogP contribution in [0.4, 0.5) is 0 Å². The molecule has 19 heavy (non-hydrogen) atoms. The van der Waals surface area contributed by atoms with Gasteiger partial charge in [-0.1, -0.05) is 64.1 Å². The first-order valence-corrected chi connectivity index (χ1v) is 7.12. The lowest BCUT2D eigenvalue weighted by Gasteiger charge is -2.18. The van der Waals surface area contributed by atoms with Gasteiger partial charge in [-0.15, -0.1) is 0 Å². The second kappa shape index (κ2) is 5.61. The Hall–Kier alpha value is -1.56. The summed E-state index contributed by atoms with van der Waals surface area (Å²) in [6, 6.07) is 16.4. The highest BCUT2D eigenvalue weighted by atomic mass is 14.2. The van der Waals surface area contributed by atoms with E-state index in [-0.39, 0.29) is 0 Å². The van der Waals surface area contributed by atoms with Crippen molar-refractivity contribution in [1.29, 1.82) is 0 Å². The van der Waals surface area contributed by atoms with Gasteiger partial charge in [-0.25, -0.2) is 0 Å². The Morgan fingerprint density at radius 3 is 2.16 bits per heavy atom. The highest BCUT2D eigenvalue weighted by Crippen LogP contribution is 2.33. The molecular weight excluding hydrogens is 228 g/mol. The lowest BCUT2D eigenvalue weighted by atomic mass is 9.87. The van der Waals surface area contributed by atoms with Gasteiger partial charge < -0.3 is 0 Å². The van der Waals surface area contributed by atoms with Crippen LogP contribution >= 0.6 is 0 Å². The molecule has 0 spiro atoms. The van der Waals surface area contributed by atoms with Gasteiger partial charge in [-0.05, 0) is 52.6 Å². The van der Waals surface area contributed by atoms with Crippen molar-refractivity contribution in [1.82, 2.24) is 0 Å². The Morgan fingerprint density at radius 1 is 0.842 bits per heavy atom. The maximum atomic E-state index is 3.39. The van der Waals surface area contributed by atoms with Crippen molar-refractivity contribution in [3.8, 4) is 11.1 Å². The normalized spacial score (nSPS) is 11.3. The number of rotatable bonds is 3. The molecular formula is C19H23. The molecule has 0 unspecified atom stereocenters. The highest BCUT2D eigenvalue weighted by Gasteiger charge is 2.13. The third-order valence-electron chi connectivity index (χ3n) is 3.75. The van der Waals surface area contributed by atoms with Gasteiger partial charge in [0.05, 0.1) is 0 Å². The molecule has 0 heteroatoms. The summed E-state index contributed by atoms with van der Waals surface area (Å²) < 4.78 is 0. The molecule has 99 valence electrons. The van der Waals surface area contributed by atoms with E-state index >= 15 is 0 Å². The predicted octanol–water partition coefficient (Wildman–Crippen LogP) is 5.71. The van der Waals surface area contributed by atoms with Gasteiger partial charge in [-0.2, -0.15) is 0 Å². The Morgan fingerprint density at radius 2 is 1.53 bits per heavy atom. The molecule has 0 aliphatic heterocycles. The molecule has 0 heterocycles. The van der Waals surface area contributed by atoms with E-state index in [1.54, 1.807) is 0 Å². The summed E-state index contributed by atoms with van der Waals surface area (Å²) in [7, 11) is 0. The molecule has 0 aliphatic carbocycles. The third-order valence-corrected chi connectivity index (χ3v) is 3.75. The zero-order chi connectivity index (χ0) is 14.0.